The highest BCUT2D eigenvalue weighted by Gasteiger charge is 2.44. The minimum atomic E-state index is -0.222. The fourth-order valence-corrected chi connectivity index (χ4v) is 3.28. The minimum Gasteiger partial charge on any atom is -0.396 e. The minimum absolute atomic E-state index is 0.0533. The van der Waals surface area contributed by atoms with Crippen molar-refractivity contribution in [2.75, 3.05) is 6.61 Å². The van der Waals surface area contributed by atoms with E-state index >= 15 is 0 Å². The van der Waals surface area contributed by atoms with Gasteiger partial charge in [-0.1, -0.05) is 18.6 Å². The van der Waals surface area contributed by atoms with Crippen LogP contribution in [0.5, 0.6) is 0 Å². The first-order valence-corrected chi connectivity index (χ1v) is 7.72. The third-order valence-corrected chi connectivity index (χ3v) is 4.72. The van der Waals surface area contributed by atoms with E-state index in [9.17, 15) is 9.50 Å². The third-order valence-electron chi connectivity index (χ3n) is 4.72. The molecule has 2 N–H and O–H groups in total. The van der Waals surface area contributed by atoms with E-state index < -0.39 is 0 Å². The molecule has 1 unspecified atom stereocenters. The number of halogens is 1. The average Bonchev–Trinajstić information content (AvgIpc) is 2.51. The van der Waals surface area contributed by atoms with E-state index in [2.05, 4.69) is 10.3 Å². The Balaban J connectivity index is 1.80. The molecule has 0 amide bonds. The van der Waals surface area contributed by atoms with Crippen LogP contribution < -0.4 is 5.32 Å². The van der Waals surface area contributed by atoms with Gasteiger partial charge in [-0.05, 0) is 48.2 Å². The van der Waals surface area contributed by atoms with E-state index in [1.54, 1.807) is 24.5 Å². The van der Waals surface area contributed by atoms with Crippen LogP contribution in [0.4, 0.5) is 4.39 Å². The standard InChI is InChI=1S/C18H21FN2O/c19-16-4-1-3-14(11-16)12-21-17(15-5-9-20-10-6-15)18(13-22)7-2-8-18/h1,3-6,9-11,17,21-22H,2,7-8,12-13H2. The fraction of sp³-hybridized carbons (Fsp3) is 0.389. The summed E-state index contributed by atoms with van der Waals surface area (Å²) in [4.78, 5) is 4.07. The molecule has 0 spiro atoms. The van der Waals surface area contributed by atoms with Gasteiger partial charge in [0.05, 0.1) is 6.61 Å². The van der Waals surface area contributed by atoms with Crippen molar-refractivity contribution < 1.29 is 9.50 Å². The summed E-state index contributed by atoms with van der Waals surface area (Å²) in [5, 5.41) is 13.4. The summed E-state index contributed by atoms with van der Waals surface area (Å²) in [5.74, 6) is -0.222. The second kappa shape index (κ2) is 6.55. The van der Waals surface area contributed by atoms with Gasteiger partial charge in [-0.25, -0.2) is 4.39 Å². The Hall–Kier alpha value is -1.78. The first-order chi connectivity index (χ1) is 10.7. The Bertz CT molecular complexity index is 608. The Morgan fingerprint density at radius 2 is 2.00 bits per heavy atom. The molecule has 1 fully saturated rings. The number of pyridine rings is 1. The van der Waals surface area contributed by atoms with Gasteiger partial charge < -0.3 is 10.4 Å². The van der Waals surface area contributed by atoms with Crippen molar-refractivity contribution in [1.82, 2.24) is 10.3 Å². The Labute approximate surface area is 130 Å². The number of hydrogen-bond acceptors (Lipinski definition) is 3. The van der Waals surface area contributed by atoms with E-state index in [4.69, 9.17) is 0 Å². The molecule has 1 aliphatic carbocycles. The molecular weight excluding hydrogens is 279 g/mol. The van der Waals surface area contributed by atoms with Gasteiger partial charge in [0.25, 0.3) is 0 Å². The number of hydrogen-bond donors (Lipinski definition) is 2. The first kappa shape index (κ1) is 15.1. The van der Waals surface area contributed by atoms with Crippen LogP contribution in [-0.2, 0) is 6.54 Å². The normalized spacial score (nSPS) is 17.7. The molecule has 22 heavy (non-hydrogen) atoms. The van der Waals surface area contributed by atoms with Crippen LogP contribution in [0.3, 0.4) is 0 Å². The summed E-state index contributed by atoms with van der Waals surface area (Å²) >= 11 is 0. The second-order valence-corrected chi connectivity index (χ2v) is 6.10. The maximum atomic E-state index is 13.3. The zero-order valence-electron chi connectivity index (χ0n) is 12.5. The van der Waals surface area contributed by atoms with Gasteiger partial charge in [0.15, 0.2) is 0 Å². The lowest BCUT2D eigenvalue weighted by molar-refractivity contribution is 0.00456. The molecule has 0 saturated heterocycles. The second-order valence-electron chi connectivity index (χ2n) is 6.10. The molecule has 116 valence electrons. The maximum absolute atomic E-state index is 13.3. The highest BCUT2D eigenvalue weighted by atomic mass is 19.1. The number of rotatable bonds is 6. The first-order valence-electron chi connectivity index (χ1n) is 7.72. The largest absolute Gasteiger partial charge is 0.396 e. The van der Waals surface area contributed by atoms with E-state index in [1.165, 1.54) is 6.07 Å². The van der Waals surface area contributed by atoms with Gasteiger partial charge in [-0.2, -0.15) is 0 Å². The lowest BCUT2D eigenvalue weighted by Gasteiger charge is -2.47. The molecule has 1 heterocycles. The zero-order chi connectivity index (χ0) is 15.4. The van der Waals surface area contributed by atoms with Crippen LogP contribution in [0.2, 0.25) is 0 Å². The van der Waals surface area contributed by atoms with E-state index in [0.717, 1.165) is 30.4 Å². The Morgan fingerprint density at radius 3 is 2.59 bits per heavy atom. The molecule has 0 aliphatic heterocycles. The molecule has 4 heteroatoms. The van der Waals surface area contributed by atoms with Gasteiger partial charge in [-0.15, -0.1) is 0 Å². The number of aliphatic hydroxyl groups is 1. The quantitative estimate of drug-likeness (QED) is 0.861. The average molecular weight is 300 g/mol. The monoisotopic (exact) mass is 300 g/mol. The van der Waals surface area contributed by atoms with Gasteiger partial charge in [0.2, 0.25) is 0 Å². The van der Waals surface area contributed by atoms with Gasteiger partial charge in [0, 0.05) is 30.4 Å². The van der Waals surface area contributed by atoms with Gasteiger partial charge in [-0.3, -0.25) is 4.98 Å². The highest BCUT2D eigenvalue weighted by molar-refractivity contribution is 5.22. The Kier molecular flexibility index (Phi) is 4.50. The van der Waals surface area contributed by atoms with Crippen molar-refractivity contribution in [3.8, 4) is 0 Å². The van der Waals surface area contributed by atoms with Crippen LogP contribution >= 0.6 is 0 Å². The topological polar surface area (TPSA) is 45.1 Å². The van der Waals surface area contributed by atoms with Crippen LogP contribution in [0.25, 0.3) is 0 Å². The van der Waals surface area contributed by atoms with E-state index in [1.807, 2.05) is 18.2 Å². The van der Waals surface area contributed by atoms with Crippen molar-refractivity contribution in [3.05, 3.63) is 65.7 Å². The van der Waals surface area contributed by atoms with Gasteiger partial charge >= 0.3 is 0 Å². The number of nitrogens with zero attached hydrogens (tertiary/aromatic N) is 1. The van der Waals surface area contributed by atoms with Crippen molar-refractivity contribution in [2.45, 2.75) is 31.8 Å². The summed E-state index contributed by atoms with van der Waals surface area (Å²) in [5.41, 5.74) is 1.92. The molecule has 3 rings (SSSR count). The van der Waals surface area contributed by atoms with Crippen molar-refractivity contribution in [2.24, 2.45) is 5.41 Å². The van der Waals surface area contributed by atoms with Gasteiger partial charge in [0.1, 0.15) is 5.82 Å². The van der Waals surface area contributed by atoms with E-state index in [0.29, 0.717) is 6.54 Å². The predicted molar refractivity (Wildman–Crippen MR) is 83.6 cm³/mol. The smallest absolute Gasteiger partial charge is 0.123 e. The van der Waals surface area contributed by atoms with E-state index in [-0.39, 0.29) is 23.9 Å². The van der Waals surface area contributed by atoms with Crippen molar-refractivity contribution >= 4 is 0 Å². The molecule has 3 nitrogen and oxygen atoms in total. The molecule has 1 aromatic carbocycles. The molecule has 0 radical (unpaired) electrons. The van der Waals surface area contributed by atoms with Crippen LogP contribution in [0.15, 0.2) is 48.8 Å². The predicted octanol–water partition coefficient (Wildman–Crippen LogP) is 3.21. The molecular formula is C18H21FN2O. The molecule has 1 aliphatic rings. The Morgan fingerprint density at radius 1 is 1.23 bits per heavy atom. The zero-order valence-corrected chi connectivity index (χ0v) is 12.5. The molecule has 2 aromatic rings. The number of aromatic nitrogens is 1. The molecule has 0 bridgehead atoms. The molecule has 1 aromatic heterocycles. The molecule has 1 saturated carbocycles. The fourth-order valence-electron chi connectivity index (χ4n) is 3.28. The van der Waals surface area contributed by atoms with Crippen LogP contribution in [0, 0.1) is 11.2 Å². The summed E-state index contributed by atoms with van der Waals surface area (Å²) in [6, 6.07) is 10.6. The van der Waals surface area contributed by atoms with Crippen molar-refractivity contribution in [1.29, 1.82) is 0 Å². The summed E-state index contributed by atoms with van der Waals surface area (Å²) in [6.07, 6.45) is 6.70. The third kappa shape index (κ3) is 3.03. The van der Waals surface area contributed by atoms with Crippen molar-refractivity contribution in [3.63, 3.8) is 0 Å². The number of aliphatic hydroxyl groups excluding tert-OH is 1. The lowest BCUT2D eigenvalue weighted by atomic mass is 9.63. The summed E-state index contributed by atoms with van der Waals surface area (Å²) < 4.78 is 13.3. The van der Waals surface area contributed by atoms with Crippen LogP contribution in [0.1, 0.15) is 36.4 Å². The lowest BCUT2D eigenvalue weighted by Crippen LogP contribution is -2.45. The highest BCUT2D eigenvalue weighted by Crippen LogP contribution is 2.49. The number of nitrogens with one attached hydrogen (secondary N) is 1. The molecule has 1 atom stereocenters. The number of benzene rings is 1. The maximum Gasteiger partial charge on any atom is 0.123 e. The summed E-state index contributed by atoms with van der Waals surface area (Å²) in [6.45, 7) is 0.739. The SMILES string of the molecule is OCC1(C(NCc2cccc(F)c2)c2ccncc2)CCC1. The summed E-state index contributed by atoms with van der Waals surface area (Å²) in [7, 11) is 0. The van der Waals surface area contributed by atoms with Crippen LogP contribution in [-0.4, -0.2) is 16.7 Å².